The van der Waals surface area contributed by atoms with Crippen molar-refractivity contribution in [2.45, 2.75) is 104 Å². The van der Waals surface area contributed by atoms with Crippen LogP contribution in [0.5, 0.6) is 0 Å². The molecule has 0 spiro atoms. The van der Waals surface area contributed by atoms with Crippen molar-refractivity contribution >= 4 is 23.9 Å². The van der Waals surface area contributed by atoms with E-state index in [0.29, 0.717) is 19.4 Å². The summed E-state index contributed by atoms with van der Waals surface area (Å²) in [6.45, 7) is 13.1. The van der Waals surface area contributed by atoms with Gasteiger partial charge in [0.15, 0.2) is 6.10 Å². The summed E-state index contributed by atoms with van der Waals surface area (Å²) in [5.41, 5.74) is 0.110. The highest BCUT2D eigenvalue weighted by atomic mass is 16.6. The van der Waals surface area contributed by atoms with E-state index >= 15 is 0 Å². The minimum absolute atomic E-state index is 0.0328. The molecule has 10 heteroatoms. The van der Waals surface area contributed by atoms with Gasteiger partial charge in [-0.1, -0.05) is 58.0 Å². The van der Waals surface area contributed by atoms with Crippen LogP contribution in [0.15, 0.2) is 30.3 Å². The maximum Gasteiger partial charge on any atom is 0.410 e. The number of amides is 3. The Hall–Kier alpha value is -3.14. The summed E-state index contributed by atoms with van der Waals surface area (Å²) >= 11 is 0. The van der Waals surface area contributed by atoms with E-state index in [1.807, 2.05) is 44.2 Å². The van der Waals surface area contributed by atoms with Crippen LogP contribution in [0, 0.1) is 11.8 Å². The van der Waals surface area contributed by atoms with E-state index in [1.54, 1.807) is 34.6 Å². The van der Waals surface area contributed by atoms with Gasteiger partial charge in [0.1, 0.15) is 24.3 Å². The molecule has 0 saturated carbocycles. The molecule has 39 heavy (non-hydrogen) atoms. The Morgan fingerprint density at radius 2 is 1.67 bits per heavy atom. The maximum absolute atomic E-state index is 13.3. The van der Waals surface area contributed by atoms with Gasteiger partial charge >= 0.3 is 12.1 Å². The van der Waals surface area contributed by atoms with E-state index in [4.69, 9.17) is 9.47 Å². The van der Waals surface area contributed by atoms with Crippen molar-refractivity contribution in [3.05, 3.63) is 35.9 Å². The zero-order chi connectivity index (χ0) is 29.3. The second-order valence-electron chi connectivity index (χ2n) is 11.8. The highest BCUT2D eigenvalue weighted by Gasteiger charge is 2.40. The molecule has 3 N–H and O–H groups in total. The number of aliphatic hydroxyl groups excluding tert-OH is 1. The molecule has 1 heterocycles. The van der Waals surface area contributed by atoms with Crippen LogP contribution in [0.2, 0.25) is 0 Å². The molecule has 3 amide bonds. The highest BCUT2D eigenvalue weighted by molar-refractivity contribution is 5.92. The van der Waals surface area contributed by atoms with Crippen molar-refractivity contribution in [3.63, 3.8) is 0 Å². The van der Waals surface area contributed by atoms with Crippen LogP contribution in [0.4, 0.5) is 4.79 Å². The van der Waals surface area contributed by atoms with E-state index in [-0.39, 0.29) is 24.9 Å². The summed E-state index contributed by atoms with van der Waals surface area (Å²) in [5, 5.41) is 16.2. The number of carbonyl (C=O) groups is 4. The summed E-state index contributed by atoms with van der Waals surface area (Å²) in [4.78, 5) is 53.2. The van der Waals surface area contributed by atoms with E-state index < -0.39 is 53.7 Å². The van der Waals surface area contributed by atoms with E-state index in [9.17, 15) is 24.3 Å². The van der Waals surface area contributed by atoms with Crippen molar-refractivity contribution in [1.82, 2.24) is 15.5 Å². The van der Waals surface area contributed by atoms with Crippen molar-refractivity contribution in [3.8, 4) is 0 Å². The fourth-order valence-corrected chi connectivity index (χ4v) is 4.37. The summed E-state index contributed by atoms with van der Waals surface area (Å²) in [6.07, 6.45) is -0.807. The molecule has 1 fully saturated rings. The number of benzene rings is 1. The molecule has 1 aromatic rings. The van der Waals surface area contributed by atoms with Crippen LogP contribution in [0.25, 0.3) is 0 Å². The van der Waals surface area contributed by atoms with E-state index in [2.05, 4.69) is 10.6 Å². The van der Waals surface area contributed by atoms with Crippen molar-refractivity contribution in [1.29, 1.82) is 0 Å². The summed E-state index contributed by atoms with van der Waals surface area (Å²) < 4.78 is 10.9. The largest absolute Gasteiger partial charge is 0.459 e. The first kappa shape index (κ1) is 32.1. The number of ether oxygens (including phenoxy) is 2. The van der Waals surface area contributed by atoms with Crippen molar-refractivity contribution in [2.24, 2.45) is 11.8 Å². The molecule has 218 valence electrons. The lowest BCUT2D eigenvalue weighted by atomic mass is 9.99. The molecule has 0 aromatic heterocycles. The van der Waals surface area contributed by atoms with E-state index in [0.717, 1.165) is 5.56 Å². The zero-order valence-corrected chi connectivity index (χ0v) is 24.2. The monoisotopic (exact) mass is 547 g/mol. The van der Waals surface area contributed by atoms with Gasteiger partial charge in [0, 0.05) is 6.54 Å². The predicted molar refractivity (Wildman–Crippen MR) is 146 cm³/mol. The Balaban J connectivity index is 2.07. The number of rotatable bonds is 11. The maximum atomic E-state index is 13.3. The molecule has 0 radical (unpaired) electrons. The van der Waals surface area contributed by atoms with Gasteiger partial charge in [-0.15, -0.1) is 0 Å². The highest BCUT2D eigenvalue weighted by Crippen LogP contribution is 2.23. The molecule has 1 aliphatic rings. The Morgan fingerprint density at radius 1 is 1.03 bits per heavy atom. The second kappa shape index (κ2) is 14.3. The van der Waals surface area contributed by atoms with Gasteiger partial charge in [-0.05, 0) is 57.4 Å². The Labute approximate surface area is 231 Å². The van der Waals surface area contributed by atoms with Crippen LogP contribution >= 0.6 is 0 Å². The Kier molecular flexibility index (Phi) is 11.8. The van der Waals surface area contributed by atoms with Gasteiger partial charge in [0.05, 0.1) is 6.04 Å². The summed E-state index contributed by atoms with van der Waals surface area (Å²) in [6, 6.07) is 6.55. The lowest BCUT2D eigenvalue weighted by Gasteiger charge is -2.31. The SMILES string of the molecule is CC(C)C[C@@H](NC(=O)C(O)C1CCCN1C(=O)OC(C)(C)C)C(=O)N[C@H](C(=O)OCc1ccccc1)C(C)C. The van der Waals surface area contributed by atoms with Crippen LogP contribution < -0.4 is 10.6 Å². The predicted octanol–water partition coefficient (Wildman–Crippen LogP) is 3.16. The molecule has 1 aliphatic heterocycles. The summed E-state index contributed by atoms with van der Waals surface area (Å²) in [7, 11) is 0. The lowest BCUT2D eigenvalue weighted by molar-refractivity contribution is -0.150. The number of likely N-dealkylation sites (tertiary alicyclic amines) is 1. The van der Waals surface area contributed by atoms with Crippen LogP contribution in [-0.2, 0) is 30.5 Å². The van der Waals surface area contributed by atoms with Crippen LogP contribution in [0.1, 0.15) is 73.3 Å². The number of esters is 1. The van der Waals surface area contributed by atoms with Gasteiger partial charge in [-0.3, -0.25) is 9.59 Å². The Morgan fingerprint density at radius 3 is 2.23 bits per heavy atom. The average molecular weight is 548 g/mol. The molecule has 4 atom stereocenters. The standard InChI is InChI=1S/C29H45N3O7/c1-18(2)16-21(25(34)31-23(19(3)4)27(36)38-17-20-12-9-8-10-13-20)30-26(35)24(33)22-14-11-15-32(22)28(37)39-29(5,6)7/h8-10,12-13,18-19,21-24,33H,11,14-17H2,1-7H3,(H,30,35)(H,31,34)/t21-,22?,23+,24?/m1/s1. The molecular weight excluding hydrogens is 502 g/mol. The summed E-state index contributed by atoms with van der Waals surface area (Å²) in [5.74, 6) is -2.11. The smallest absolute Gasteiger partial charge is 0.410 e. The minimum atomic E-state index is -1.54. The fraction of sp³-hybridized carbons (Fsp3) is 0.655. The number of hydrogen-bond donors (Lipinski definition) is 3. The van der Waals surface area contributed by atoms with Crippen LogP contribution in [-0.4, -0.2) is 70.3 Å². The molecule has 2 rings (SSSR count). The van der Waals surface area contributed by atoms with Crippen LogP contribution in [0.3, 0.4) is 0 Å². The number of nitrogens with zero attached hydrogens (tertiary/aromatic N) is 1. The molecule has 2 unspecified atom stereocenters. The number of aliphatic hydroxyl groups is 1. The normalized spacial score (nSPS) is 17.9. The third-order valence-electron chi connectivity index (χ3n) is 6.34. The lowest BCUT2D eigenvalue weighted by Crippen LogP contribution is -2.57. The molecule has 1 aromatic carbocycles. The van der Waals surface area contributed by atoms with Gasteiger partial charge in [-0.25, -0.2) is 9.59 Å². The van der Waals surface area contributed by atoms with Gasteiger partial charge < -0.3 is 30.1 Å². The molecule has 1 saturated heterocycles. The quantitative estimate of drug-likeness (QED) is 0.362. The van der Waals surface area contributed by atoms with Gasteiger partial charge in [0.25, 0.3) is 5.91 Å². The first-order valence-corrected chi connectivity index (χ1v) is 13.7. The van der Waals surface area contributed by atoms with Gasteiger partial charge in [-0.2, -0.15) is 0 Å². The first-order chi connectivity index (χ1) is 18.2. The first-order valence-electron chi connectivity index (χ1n) is 13.7. The number of nitrogens with one attached hydrogen (secondary N) is 2. The number of carbonyl (C=O) groups excluding carboxylic acids is 4. The second-order valence-corrected chi connectivity index (χ2v) is 11.8. The molecule has 0 bridgehead atoms. The molecule has 10 nitrogen and oxygen atoms in total. The Bertz CT molecular complexity index is 975. The minimum Gasteiger partial charge on any atom is -0.459 e. The third-order valence-corrected chi connectivity index (χ3v) is 6.34. The fourth-order valence-electron chi connectivity index (χ4n) is 4.37. The molecule has 0 aliphatic carbocycles. The zero-order valence-electron chi connectivity index (χ0n) is 24.2. The van der Waals surface area contributed by atoms with Crippen molar-refractivity contribution < 1.29 is 33.8 Å². The van der Waals surface area contributed by atoms with Gasteiger partial charge in [0.2, 0.25) is 5.91 Å². The number of hydrogen-bond acceptors (Lipinski definition) is 7. The average Bonchev–Trinajstić information content (AvgIpc) is 3.34. The topological polar surface area (TPSA) is 134 Å². The van der Waals surface area contributed by atoms with Crippen molar-refractivity contribution in [2.75, 3.05) is 6.54 Å². The third kappa shape index (κ3) is 10.2. The van der Waals surface area contributed by atoms with E-state index in [1.165, 1.54) is 4.90 Å². The molecular formula is C29H45N3O7.